The van der Waals surface area contributed by atoms with Crippen LogP contribution in [0.2, 0.25) is 0 Å². The van der Waals surface area contributed by atoms with Crippen molar-refractivity contribution in [3.63, 3.8) is 0 Å². The molecular weight excluding hydrogens is 451 g/mol. The van der Waals surface area contributed by atoms with Crippen LogP contribution in [0.25, 0.3) is 0 Å². The summed E-state index contributed by atoms with van der Waals surface area (Å²) in [6.45, 7) is 3.39. The fourth-order valence-electron chi connectivity index (χ4n) is 2.59. The molecule has 2 atom stereocenters. The van der Waals surface area contributed by atoms with E-state index in [9.17, 15) is 23.3 Å². The maximum Gasteiger partial charge on any atom is 0.325 e. The second-order valence-electron chi connectivity index (χ2n) is 5.70. The van der Waals surface area contributed by atoms with Gasteiger partial charge in [-0.15, -0.1) is 0 Å². The number of carbonyl (C=O) groups excluding carboxylic acids is 1. The maximum absolute atomic E-state index is 13.0. The highest BCUT2D eigenvalue weighted by Gasteiger charge is 2.46. The zero-order chi connectivity index (χ0) is 18.1. The van der Waals surface area contributed by atoms with Gasteiger partial charge in [0.05, 0.1) is 11.5 Å². The van der Waals surface area contributed by atoms with Gasteiger partial charge in [-0.05, 0) is 12.0 Å². The van der Waals surface area contributed by atoms with Gasteiger partial charge >= 0.3 is 5.97 Å². The molecule has 1 saturated heterocycles. The molecule has 0 aromatic heterocycles. The lowest BCUT2D eigenvalue weighted by atomic mass is 10.0. The normalized spacial score (nSPS) is 22.4. The van der Waals surface area contributed by atoms with Crippen LogP contribution >= 0.6 is 22.6 Å². The van der Waals surface area contributed by atoms with Gasteiger partial charge in [-0.1, -0.05) is 48.6 Å². The molecule has 1 aromatic carbocycles. The second kappa shape index (κ2) is 7.31. The Bertz CT molecular complexity index is 751. The van der Waals surface area contributed by atoms with Gasteiger partial charge in [-0.2, -0.15) is 4.31 Å². The molecule has 132 valence electrons. The number of alkyl halides is 1. The number of halogens is 1. The third-order valence-electron chi connectivity index (χ3n) is 3.67. The van der Waals surface area contributed by atoms with Gasteiger partial charge in [0.15, 0.2) is 4.90 Å². The van der Waals surface area contributed by atoms with Crippen molar-refractivity contribution in [3.05, 3.63) is 34.4 Å². The van der Waals surface area contributed by atoms with Crippen molar-refractivity contribution >= 4 is 44.3 Å². The number of hydrogen-bond donors (Lipinski definition) is 0. The van der Waals surface area contributed by atoms with Crippen LogP contribution in [-0.4, -0.2) is 46.7 Å². The van der Waals surface area contributed by atoms with Gasteiger partial charge in [0.25, 0.3) is 15.7 Å². The molecule has 24 heavy (non-hydrogen) atoms. The molecule has 2 rings (SSSR count). The Labute approximate surface area is 153 Å². The van der Waals surface area contributed by atoms with E-state index in [1.54, 1.807) is 13.8 Å². The Morgan fingerprint density at radius 3 is 2.58 bits per heavy atom. The number of cyclic esters (lactones) is 1. The molecule has 1 heterocycles. The van der Waals surface area contributed by atoms with E-state index in [-0.39, 0.29) is 12.5 Å². The standard InChI is InChI=1S/C14H17IN2O6S/c1-9(2)13-14(18)23-10(7-15)8-16(13)24(21,22)12-6-4-3-5-11(12)17(19)20/h3-6,9-10,13H,7-8H2,1-2H3/t10-,13-/m1/s1. The first kappa shape index (κ1) is 19.1. The topological polar surface area (TPSA) is 107 Å². The smallest absolute Gasteiger partial charge is 0.325 e. The molecule has 1 aliphatic heterocycles. The lowest BCUT2D eigenvalue weighted by Crippen LogP contribution is -2.57. The van der Waals surface area contributed by atoms with Crippen LogP contribution in [0.4, 0.5) is 5.69 Å². The number of nitro benzene ring substituents is 1. The van der Waals surface area contributed by atoms with Gasteiger partial charge in [0, 0.05) is 10.5 Å². The fraction of sp³-hybridized carbons (Fsp3) is 0.500. The SMILES string of the molecule is CC(C)[C@@H]1C(=O)O[C@H](CI)CN1S(=O)(=O)c1ccccc1[N+](=O)[O-]. The highest BCUT2D eigenvalue weighted by atomic mass is 127. The highest BCUT2D eigenvalue weighted by molar-refractivity contribution is 14.1. The molecule has 0 aliphatic carbocycles. The van der Waals surface area contributed by atoms with E-state index in [0.717, 1.165) is 10.4 Å². The lowest BCUT2D eigenvalue weighted by Gasteiger charge is -2.38. The first-order chi connectivity index (χ1) is 11.2. The van der Waals surface area contributed by atoms with Crippen molar-refractivity contribution in [2.24, 2.45) is 5.92 Å². The van der Waals surface area contributed by atoms with Gasteiger partial charge in [0.2, 0.25) is 0 Å². The molecule has 0 unspecified atom stereocenters. The molecule has 0 saturated carbocycles. The van der Waals surface area contributed by atoms with Gasteiger partial charge in [-0.3, -0.25) is 14.9 Å². The number of morpholine rings is 1. The summed E-state index contributed by atoms with van der Waals surface area (Å²) >= 11 is 2.00. The van der Waals surface area contributed by atoms with Gasteiger partial charge < -0.3 is 4.74 Å². The third-order valence-corrected chi connectivity index (χ3v) is 6.55. The van der Waals surface area contributed by atoms with E-state index >= 15 is 0 Å². The number of hydrogen-bond acceptors (Lipinski definition) is 6. The summed E-state index contributed by atoms with van der Waals surface area (Å²) in [7, 11) is -4.22. The number of carbonyl (C=O) groups is 1. The Hall–Kier alpha value is -1.27. The summed E-state index contributed by atoms with van der Waals surface area (Å²) in [5, 5.41) is 11.2. The van der Waals surface area contributed by atoms with Crippen molar-refractivity contribution in [2.75, 3.05) is 11.0 Å². The van der Waals surface area contributed by atoms with Crippen molar-refractivity contribution in [3.8, 4) is 0 Å². The number of nitro groups is 1. The Kier molecular flexibility index (Phi) is 5.81. The predicted molar refractivity (Wildman–Crippen MR) is 94.4 cm³/mol. The quantitative estimate of drug-likeness (QED) is 0.215. The summed E-state index contributed by atoms with van der Waals surface area (Å²) in [5.74, 6) is -0.953. The van der Waals surface area contributed by atoms with Crippen molar-refractivity contribution in [1.82, 2.24) is 4.31 Å². The minimum Gasteiger partial charge on any atom is -0.459 e. The Morgan fingerprint density at radius 1 is 1.42 bits per heavy atom. The molecule has 0 N–H and O–H groups in total. The third kappa shape index (κ3) is 3.54. The highest BCUT2D eigenvalue weighted by Crippen LogP contribution is 2.31. The van der Waals surface area contributed by atoms with Crippen LogP contribution in [0.5, 0.6) is 0 Å². The molecule has 0 radical (unpaired) electrons. The van der Waals surface area contributed by atoms with E-state index in [2.05, 4.69) is 0 Å². The molecule has 1 fully saturated rings. The van der Waals surface area contributed by atoms with E-state index in [1.165, 1.54) is 18.2 Å². The number of rotatable bonds is 5. The molecule has 1 aliphatic rings. The zero-order valence-corrected chi connectivity index (χ0v) is 16.1. The van der Waals surface area contributed by atoms with E-state index in [0.29, 0.717) is 4.43 Å². The summed E-state index contributed by atoms with van der Waals surface area (Å²) in [6, 6.07) is 4.13. The average Bonchev–Trinajstić information content (AvgIpc) is 2.53. The molecule has 8 nitrogen and oxygen atoms in total. The Balaban J connectivity index is 2.56. The van der Waals surface area contributed by atoms with Gasteiger partial charge in [-0.25, -0.2) is 8.42 Å². The molecule has 0 amide bonds. The van der Waals surface area contributed by atoms with Crippen molar-refractivity contribution < 1.29 is 22.9 Å². The molecule has 10 heteroatoms. The predicted octanol–water partition coefficient (Wildman–Crippen LogP) is 1.97. The minimum atomic E-state index is -4.22. The first-order valence-electron chi connectivity index (χ1n) is 7.21. The van der Waals surface area contributed by atoms with Gasteiger partial charge in [0.1, 0.15) is 12.1 Å². The number of ether oxygens (including phenoxy) is 1. The zero-order valence-electron chi connectivity index (χ0n) is 13.1. The molecular formula is C14H17IN2O6S. The first-order valence-corrected chi connectivity index (χ1v) is 10.2. The van der Waals surface area contributed by atoms with E-state index in [4.69, 9.17) is 4.74 Å². The number of nitrogens with zero attached hydrogens (tertiary/aromatic N) is 2. The molecule has 1 aromatic rings. The lowest BCUT2D eigenvalue weighted by molar-refractivity contribution is -0.387. The van der Waals surface area contributed by atoms with Crippen LogP contribution in [0.1, 0.15) is 13.8 Å². The summed E-state index contributed by atoms with van der Waals surface area (Å²) in [5.41, 5.74) is -0.509. The van der Waals surface area contributed by atoms with Crippen molar-refractivity contribution in [2.45, 2.75) is 30.9 Å². The van der Waals surface area contributed by atoms with E-state index < -0.39 is 43.6 Å². The number of para-hydroxylation sites is 1. The number of esters is 1. The second-order valence-corrected chi connectivity index (χ2v) is 8.44. The van der Waals surface area contributed by atoms with Crippen LogP contribution in [0.3, 0.4) is 0 Å². The van der Waals surface area contributed by atoms with Crippen LogP contribution < -0.4 is 0 Å². The summed E-state index contributed by atoms with van der Waals surface area (Å²) in [6.07, 6.45) is -0.578. The van der Waals surface area contributed by atoms with Crippen LogP contribution in [0.15, 0.2) is 29.2 Å². The maximum atomic E-state index is 13.0. The van der Waals surface area contributed by atoms with Crippen LogP contribution in [0, 0.1) is 16.0 Å². The molecule has 0 bridgehead atoms. The molecule has 0 spiro atoms. The average molecular weight is 468 g/mol. The minimum absolute atomic E-state index is 0.0219. The monoisotopic (exact) mass is 468 g/mol. The Morgan fingerprint density at radius 2 is 2.04 bits per heavy atom. The number of sulfonamides is 1. The largest absolute Gasteiger partial charge is 0.459 e. The van der Waals surface area contributed by atoms with Crippen LogP contribution in [-0.2, 0) is 19.6 Å². The summed E-state index contributed by atoms with van der Waals surface area (Å²) in [4.78, 5) is 22.3. The van der Waals surface area contributed by atoms with Crippen molar-refractivity contribution in [1.29, 1.82) is 0 Å². The number of benzene rings is 1. The summed E-state index contributed by atoms with van der Waals surface area (Å²) < 4.78 is 32.8. The van der Waals surface area contributed by atoms with E-state index in [1.807, 2.05) is 22.6 Å². The fourth-order valence-corrected chi connectivity index (χ4v) is 4.95.